The van der Waals surface area contributed by atoms with Crippen LogP contribution in [0.2, 0.25) is 15.1 Å². The first kappa shape index (κ1) is 21.7. The van der Waals surface area contributed by atoms with Crippen LogP contribution in [0.5, 0.6) is 0 Å². The number of rotatable bonds is 4. The molecule has 2 aromatic carbocycles. The van der Waals surface area contributed by atoms with Gasteiger partial charge in [-0.25, -0.2) is 9.67 Å². The summed E-state index contributed by atoms with van der Waals surface area (Å²) in [6, 6.07) is 8.84. The molecular weight excluding hydrogens is 457 g/mol. The maximum absolute atomic E-state index is 13.0. The second kappa shape index (κ2) is 8.19. The lowest BCUT2D eigenvalue weighted by Crippen LogP contribution is -2.18. The van der Waals surface area contributed by atoms with Gasteiger partial charge in [0.2, 0.25) is 0 Å². The van der Waals surface area contributed by atoms with Gasteiger partial charge in [-0.3, -0.25) is 9.89 Å². The van der Waals surface area contributed by atoms with Gasteiger partial charge in [-0.1, -0.05) is 60.8 Å². The van der Waals surface area contributed by atoms with Crippen molar-refractivity contribution in [1.82, 2.24) is 19.7 Å². The van der Waals surface area contributed by atoms with Crippen molar-refractivity contribution < 1.29 is 0 Å². The Morgan fingerprint density at radius 3 is 2.45 bits per heavy atom. The highest BCUT2D eigenvalue weighted by atomic mass is 35.5. The zero-order valence-electron chi connectivity index (χ0n) is 17.1. The normalized spacial score (nSPS) is 11.6. The Bertz CT molecular complexity index is 1300. The molecule has 4 rings (SSSR count). The summed E-state index contributed by atoms with van der Waals surface area (Å²) in [5.41, 5.74) is 9.81. The molecule has 2 aliphatic heterocycles. The van der Waals surface area contributed by atoms with Gasteiger partial charge >= 0.3 is 0 Å². The van der Waals surface area contributed by atoms with Crippen LogP contribution in [0.4, 0.5) is 5.69 Å². The van der Waals surface area contributed by atoms with Gasteiger partial charge < -0.3 is 5.73 Å². The van der Waals surface area contributed by atoms with E-state index in [9.17, 15) is 4.79 Å². The standard InChI is InChI=1S/C22H20Cl3N5O/c1-10(2)19-18-21(30(29-19)20-14(24)8-13(23)9-15(20)25)27-17(28-22(18)31)7-12-5-4-6-16(26)11(12)3/h4-6,8-10,29H,7,26H2,1-3H3. The molecule has 2 aliphatic rings. The first-order valence-corrected chi connectivity index (χ1v) is 10.8. The Balaban J connectivity index is 1.96. The minimum atomic E-state index is -0.360. The van der Waals surface area contributed by atoms with E-state index >= 15 is 0 Å². The van der Waals surface area contributed by atoms with E-state index in [-0.39, 0.29) is 11.5 Å². The minimum Gasteiger partial charge on any atom is -0.399 e. The van der Waals surface area contributed by atoms with Crippen LogP contribution in [0, 0.1) is 6.92 Å². The number of nitrogens with zero attached hydrogens (tertiary/aromatic N) is 3. The molecule has 0 atom stereocenters. The summed E-state index contributed by atoms with van der Waals surface area (Å²) in [6.07, 6.45) is 0.367. The number of aromatic amines is 1. The molecule has 9 heteroatoms. The van der Waals surface area contributed by atoms with Crippen molar-refractivity contribution in [1.29, 1.82) is 0 Å². The van der Waals surface area contributed by atoms with Crippen LogP contribution in [0.3, 0.4) is 0 Å². The molecule has 0 bridgehead atoms. The summed E-state index contributed by atoms with van der Waals surface area (Å²) in [5, 5.41) is 4.32. The maximum Gasteiger partial charge on any atom is 0.284 e. The molecule has 2 heterocycles. The average Bonchev–Trinajstić information content (AvgIpc) is 3.05. The Morgan fingerprint density at radius 1 is 1.13 bits per heavy atom. The molecule has 0 aromatic heterocycles. The number of nitrogens with two attached hydrogens (primary N) is 1. The largest absolute Gasteiger partial charge is 0.399 e. The van der Waals surface area contributed by atoms with E-state index in [2.05, 4.69) is 10.1 Å². The SMILES string of the molecule is Cc1c(N)cccc1Cc1nc2n(-c3c(Cl)cc(Cl)cc3Cl)[nH]c(C(C)C)c-2c(=O)n1. The second-order valence-corrected chi connectivity index (χ2v) is 8.94. The van der Waals surface area contributed by atoms with E-state index < -0.39 is 0 Å². The molecule has 6 nitrogen and oxygen atoms in total. The number of halogens is 3. The molecule has 0 radical (unpaired) electrons. The number of benzene rings is 2. The molecule has 0 fully saturated rings. The van der Waals surface area contributed by atoms with Crippen molar-refractivity contribution in [2.75, 3.05) is 5.73 Å². The van der Waals surface area contributed by atoms with Gasteiger partial charge in [0.1, 0.15) is 17.1 Å². The van der Waals surface area contributed by atoms with Gasteiger partial charge in [-0.2, -0.15) is 4.98 Å². The highest BCUT2D eigenvalue weighted by Crippen LogP contribution is 2.36. The molecule has 2 aromatic rings. The summed E-state index contributed by atoms with van der Waals surface area (Å²) < 4.78 is 1.63. The number of fused-ring (bicyclic) bond motifs is 1. The van der Waals surface area contributed by atoms with Gasteiger partial charge in [0, 0.05) is 17.1 Å². The average molecular weight is 477 g/mol. The molecule has 0 amide bonds. The van der Waals surface area contributed by atoms with E-state index in [1.165, 1.54) is 0 Å². The van der Waals surface area contributed by atoms with Crippen LogP contribution in [-0.4, -0.2) is 19.7 Å². The van der Waals surface area contributed by atoms with Crippen molar-refractivity contribution in [2.45, 2.75) is 33.1 Å². The van der Waals surface area contributed by atoms with E-state index in [1.54, 1.807) is 16.8 Å². The molecular formula is C22H20Cl3N5O. The van der Waals surface area contributed by atoms with Crippen LogP contribution >= 0.6 is 34.8 Å². The third kappa shape index (κ3) is 3.91. The smallest absolute Gasteiger partial charge is 0.284 e. The molecule has 0 spiro atoms. The summed E-state index contributed by atoms with van der Waals surface area (Å²) in [4.78, 5) is 22.0. The van der Waals surface area contributed by atoms with Crippen LogP contribution in [0.15, 0.2) is 35.1 Å². The Hall–Kier alpha value is -2.54. The minimum absolute atomic E-state index is 0.0203. The lowest BCUT2D eigenvalue weighted by Gasteiger charge is -2.12. The third-order valence-electron chi connectivity index (χ3n) is 5.24. The summed E-state index contributed by atoms with van der Waals surface area (Å²) >= 11 is 19.0. The fourth-order valence-electron chi connectivity index (χ4n) is 3.57. The number of nitrogens with one attached hydrogen (secondary N) is 1. The molecule has 3 N–H and O–H groups in total. The van der Waals surface area contributed by atoms with Crippen LogP contribution < -0.4 is 11.3 Å². The number of hydrogen-bond acceptors (Lipinski definition) is 4. The first-order chi connectivity index (χ1) is 14.7. The predicted molar refractivity (Wildman–Crippen MR) is 126 cm³/mol. The highest BCUT2D eigenvalue weighted by Gasteiger charge is 2.27. The van der Waals surface area contributed by atoms with Crippen LogP contribution in [0.1, 0.15) is 42.4 Å². The summed E-state index contributed by atoms with van der Waals surface area (Å²) in [7, 11) is 0. The molecule has 160 valence electrons. The van der Waals surface area contributed by atoms with E-state index in [0.29, 0.717) is 55.8 Å². The van der Waals surface area contributed by atoms with Gasteiger partial charge in [-0.15, -0.1) is 0 Å². The highest BCUT2D eigenvalue weighted by molar-refractivity contribution is 6.40. The monoisotopic (exact) mass is 475 g/mol. The van der Waals surface area contributed by atoms with Crippen molar-refractivity contribution in [3.63, 3.8) is 0 Å². The first-order valence-electron chi connectivity index (χ1n) is 9.67. The zero-order valence-corrected chi connectivity index (χ0v) is 19.4. The number of H-pyrrole nitrogens is 1. The van der Waals surface area contributed by atoms with Crippen molar-refractivity contribution >= 4 is 40.5 Å². The van der Waals surface area contributed by atoms with Gasteiger partial charge in [-0.05, 0) is 42.2 Å². The predicted octanol–water partition coefficient (Wildman–Crippen LogP) is 5.63. The summed E-state index contributed by atoms with van der Waals surface area (Å²) in [6.45, 7) is 5.89. The molecule has 0 unspecified atom stereocenters. The third-order valence-corrected chi connectivity index (χ3v) is 6.03. The fraction of sp³-hybridized carbons (Fsp3) is 0.227. The molecule has 0 aliphatic carbocycles. The number of hydrogen-bond donors (Lipinski definition) is 2. The molecule has 31 heavy (non-hydrogen) atoms. The van der Waals surface area contributed by atoms with Crippen molar-refractivity contribution in [3.05, 3.63) is 78.4 Å². The molecule has 0 saturated heterocycles. The fourth-order valence-corrected chi connectivity index (χ4v) is 4.56. The van der Waals surface area contributed by atoms with Gasteiger partial charge in [0.25, 0.3) is 5.56 Å². The van der Waals surface area contributed by atoms with Crippen molar-refractivity contribution in [3.8, 4) is 17.1 Å². The maximum atomic E-state index is 13.0. The van der Waals surface area contributed by atoms with Crippen LogP contribution in [0.25, 0.3) is 17.1 Å². The van der Waals surface area contributed by atoms with Gasteiger partial charge in [0.15, 0.2) is 5.82 Å². The lowest BCUT2D eigenvalue weighted by atomic mass is 10.0. The number of anilines is 1. The van der Waals surface area contributed by atoms with E-state index in [1.807, 2.05) is 39.0 Å². The Morgan fingerprint density at radius 2 is 1.81 bits per heavy atom. The Labute approximate surface area is 194 Å². The molecule has 0 saturated carbocycles. The van der Waals surface area contributed by atoms with Gasteiger partial charge in [0.05, 0.1) is 15.7 Å². The Kier molecular flexibility index (Phi) is 5.73. The lowest BCUT2D eigenvalue weighted by molar-refractivity contribution is 0.771. The quantitative estimate of drug-likeness (QED) is 0.374. The van der Waals surface area contributed by atoms with Crippen molar-refractivity contribution in [2.24, 2.45) is 0 Å². The van der Waals surface area contributed by atoms with E-state index in [4.69, 9.17) is 45.5 Å². The van der Waals surface area contributed by atoms with Crippen LogP contribution in [-0.2, 0) is 6.42 Å². The second-order valence-electron chi connectivity index (χ2n) is 7.69. The number of aromatic nitrogens is 4. The number of nitrogen functional groups attached to an aromatic ring is 1. The summed E-state index contributed by atoms with van der Waals surface area (Å²) in [5.74, 6) is 0.814. The zero-order chi connectivity index (χ0) is 22.4. The topological polar surface area (TPSA) is 89.6 Å². The van der Waals surface area contributed by atoms with E-state index in [0.717, 1.165) is 11.1 Å².